The maximum atomic E-state index is 12.0. The van der Waals surface area contributed by atoms with Crippen LogP contribution in [0.25, 0.3) is 0 Å². The standard InChI is InChI=1S/C17H23N3O3S/c1-3-24(22,23)11-10-20-13-16(12-18-20)19-17(21)9-8-15-6-4-14(2)5-7-15/h4-7,12-13H,3,8-11H2,1-2H3,(H,19,21). The molecular formula is C17H23N3O3S. The van der Waals surface area contributed by atoms with Crippen LogP contribution in [0, 0.1) is 6.92 Å². The molecule has 24 heavy (non-hydrogen) atoms. The molecule has 1 heterocycles. The molecule has 1 aromatic heterocycles. The molecule has 0 spiro atoms. The maximum Gasteiger partial charge on any atom is 0.224 e. The van der Waals surface area contributed by atoms with Gasteiger partial charge in [0, 0.05) is 18.4 Å². The van der Waals surface area contributed by atoms with Gasteiger partial charge < -0.3 is 5.32 Å². The van der Waals surface area contributed by atoms with Crippen LogP contribution in [0.5, 0.6) is 0 Å². The lowest BCUT2D eigenvalue weighted by atomic mass is 10.1. The van der Waals surface area contributed by atoms with Crippen LogP contribution in [0.15, 0.2) is 36.7 Å². The number of aromatic nitrogens is 2. The number of sulfone groups is 1. The van der Waals surface area contributed by atoms with E-state index in [-0.39, 0.29) is 24.0 Å². The Morgan fingerprint density at radius 3 is 2.62 bits per heavy atom. The van der Waals surface area contributed by atoms with Gasteiger partial charge in [-0.15, -0.1) is 0 Å². The van der Waals surface area contributed by atoms with E-state index < -0.39 is 9.84 Å². The van der Waals surface area contributed by atoms with Crippen LogP contribution < -0.4 is 5.32 Å². The van der Waals surface area contributed by atoms with E-state index in [1.165, 1.54) is 16.4 Å². The first-order valence-electron chi connectivity index (χ1n) is 7.96. The van der Waals surface area contributed by atoms with Crippen molar-refractivity contribution in [2.75, 3.05) is 16.8 Å². The highest BCUT2D eigenvalue weighted by atomic mass is 32.2. The molecule has 0 fully saturated rings. The highest BCUT2D eigenvalue weighted by Gasteiger charge is 2.09. The Balaban J connectivity index is 1.81. The fourth-order valence-electron chi connectivity index (χ4n) is 2.16. The predicted octanol–water partition coefficient (Wildman–Crippen LogP) is 2.20. The average molecular weight is 349 g/mol. The molecule has 0 aliphatic rings. The average Bonchev–Trinajstić information content (AvgIpc) is 3.00. The van der Waals surface area contributed by atoms with Gasteiger partial charge in [0.1, 0.15) is 0 Å². The summed E-state index contributed by atoms with van der Waals surface area (Å²) in [6.45, 7) is 3.94. The Kier molecular flexibility index (Phi) is 6.14. The Labute approximate surface area is 142 Å². The van der Waals surface area contributed by atoms with Crippen molar-refractivity contribution in [1.29, 1.82) is 0 Å². The zero-order valence-electron chi connectivity index (χ0n) is 14.0. The van der Waals surface area contributed by atoms with Crippen LogP contribution >= 0.6 is 0 Å². The van der Waals surface area contributed by atoms with Gasteiger partial charge in [-0.25, -0.2) is 8.42 Å². The second-order valence-electron chi connectivity index (χ2n) is 5.76. The Morgan fingerprint density at radius 1 is 1.25 bits per heavy atom. The van der Waals surface area contributed by atoms with Crippen molar-refractivity contribution in [3.05, 3.63) is 47.8 Å². The number of nitrogens with zero attached hydrogens (tertiary/aromatic N) is 2. The van der Waals surface area contributed by atoms with E-state index >= 15 is 0 Å². The normalized spacial score (nSPS) is 11.4. The molecule has 0 saturated carbocycles. The van der Waals surface area contributed by atoms with Gasteiger partial charge in [-0.1, -0.05) is 36.8 Å². The summed E-state index contributed by atoms with van der Waals surface area (Å²) in [6.07, 6.45) is 4.24. The number of amides is 1. The SMILES string of the molecule is CCS(=O)(=O)CCn1cc(NC(=O)CCc2ccc(C)cc2)cn1. The van der Waals surface area contributed by atoms with Gasteiger partial charge in [0.25, 0.3) is 0 Å². The summed E-state index contributed by atoms with van der Waals surface area (Å²) in [5, 5.41) is 6.86. The number of anilines is 1. The van der Waals surface area contributed by atoms with Crippen LogP contribution in [-0.4, -0.2) is 35.6 Å². The van der Waals surface area contributed by atoms with Crippen molar-refractivity contribution in [1.82, 2.24) is 9.78 Å². The molecule has 6 nitrogen and oxygen atoms in total. The third-order valence-corrected chi connectivity index (χ3v) is 5.43. The molecule has 1 N–H and O–H groups in total. The van der Waals surface area contributed by atoms with Crippen molar-refractivity contribution < 1.29 is 13.2 Å². The molecule has 0 atom stereocenters. The summed E-state index contributed by atoms with van der Waals surface area (Å²) < 4.78 is 24.5. The van der Waals surface area contributed by atoms with Crippen molar-refractivity contribution in [3.8, 4) is 0 Å². The van der Waals surface area contributed by atoms with Gasteiger partial charge in [-0.2, -0.15) is 5.10 Å². The molecule has 1 aromatic carbocycles. The molecule has 0 unspecified atom stereocenters. The smallest absolute Gasteiger partial charge is 0.224 e. The lowest BCUT2D eigenvalue weighted by Crippen LogP contribution is -2.15. The van der Waals surface area contributed by atoms with Crippen molar-refractivity contribution in [2.45, 2.75) is 33.2 Å². The molecule has 130 valence electrons. The molecule has 0 radical (unpaired) electrons. The van der Waals surface area contributed by atoms with Crippen LogP contribution in [0.2, 0.25) is 0 Å². The van der Waals surface area contributed by atoms with E-state index in [1.54, 1.807) is 13.1 Å². The zero-order valence-corrected chi connectivity index (χ0v) is 14.8. The van der Waals surface area contributed by atoms with Crippen molar-refractivity contribution in [3.63, 3.8) is 0 Å². The van der Waals surface area contributed by atoms with Crippen LogP contribution in [0.1, 0.15) is 24.5 Å². The molecule has 7 heteroatoms. The number of carbonyl (C=O) groups excluding carboxylic acids is 1. The fourth-order valence-corrected chi connectivity index (χ4v) is 2.92. The van der Waals surface area contributed by atoms with Crippen LogP contribution in [0.3, 0.4) is 0 Å². The van der Waals surface area contributed by atoms with Crippen LogP contribution in [0.4, 0.5) is 5.69 Å². The number of hydrogen-bond donors (Lipinski definition) is 1. The Hall–Kier alpha value is -2.15. The van der Waals surface area contributed by atoms with Crippen molar-refractivity contribution >= 4 is 21.4 Å². The largest absolute Gasteiger partial charge is 0.323 e. The maximum absolute atomic E-state index is 12.0. The third kappa shape index (κ3) is 5.81. The van der Waals surface area contributed by atoms with E-state index in [4.69, 9.17) is 0 Å². The third-order valence-electron chi connectivity index (χ3n) is 3.75. The number of carbonyl (C=O) groups is 1. The lowest BCUT2D eigenvalue weighted by molar-refractivity contribution is -0.116. The minimum atomic E-state index is -3.02. The Bertz CT molecular complexity index is 780. The monoisotopic (exact) mass is 349 g/mol. The Morgan fingerprint density at radius 2 is 1.96 bits per heavy atom. The van der Waals surface area contributed by atoms with Gasteiger partial charge in [0.2, 0.25) is 5.91 Å². The van der Waals surface area contributed by atoms with Gasteiger partial charge >= 0.3 is 0 Å². The van der Waals surface area contributed by atoms with E-state index in [0.29, 0.717) is 18.5 Å². The molecule has 0 aliphatic carbocycles. The minimum Gasteiger partial charge on any atom is -0.323 e. The first kappa shape index (κ1) is 18.2. The molecule has 0 aliphatic heterocycles. The van der Waals surface area contributed by atoms with Crippen molar-refractivity contribution in [2.24, 2.45) is 0 Å². The lowest BCUT2D eigenvalue weighted by Gasteiger charge is -2.04. The first-order valence-corrected chi connectivity index (χ1v) is 9.78. The van der Waals surface area contributed by atoms with E-state index in [2.05, 4.69) is 10.4 Å². The summed E-state index contributed by atoms with van der Waals surface area (Å²) >= 11 is 0. The van der Waals surface area contributed by atoms with Gasteiger partial charge in [-0.3, -0.25) is 9.48 Å². The molecule has 2 rings (SSSR count). The summed E-state index contributed by atoms with van der Waals surface area (Å²) in [5.41, 5.74) is 2.90. The molecule has 1 amide bonds. The topological polar surface area (TPSA) is 81.1 Å². The van der Waals surface area contributed by atoms with E-state index in [9.17, 15) is 13.2 Å². The summed E-state index contributed by atoms with van der Waals surface area (Å²) in [4.78, 5) is 12.0. The molecule has 0 saturated heterocycles. The zero-order chi connectivity index (χ0) is 17.6. The van der Waals surface area contributed by atoms with E-state index in [0.717, 1.165) is 5.56 Å². The van der Waals surface area contributed by atoms with Gasteiger partial charge in [0.05, 0.1) is 24.2 Å². The first-order chi connectivity index (χ1) is 11.4. The summed E-state index contributed by atoms with van der Waals surface area (Å²) in [6, 6.07) is 8.10. The second-order valence-corrected chi connectivity index (χ2v) is 8.23. The summed E-state index contributed by atoms with van der Waals surface area (Å²) in [5.74, 6) is 0.0828. The predicted molar refractivity (Wildman–Crippen MR) is 94.7 cm³/mol. The minimum absolute atomic E-state index is 0.0476. The molecular weight excluding hydrogens is 326 g/mol. The highest BCUT2D eigenvalue weighted by molar-refractivity contribution is 7.91. The number of hydrogen-bond acceptors (Lipinski definition) is 4. The molecule has 2 aromatic rings. The fraction of sp³-hybridized carbons (Fsp3) is 0.412. The number of rotatable bonds is 8. The second kappa shape index (κ2) is 8.10. The quantitative estimate of drug-likeness (QED) is 0.792. The molecule has 0 bridgehead atoms. The number of nitrogens with one attached hydrogen (secondary N) is 1. The number of benzene rings is 1. The summed E-state index contributed by atoms with van der Waals surface area (Å²) in [7, 11) is -3.02. The van der Waals surface area contributed by atoms with Gasteiger partial charge in [-0.05, 0) is 18.9 Å². The number of aryl methyl sites for hydroxylation is 3. The highest BCUT2D eigenvalue weighted by Crippen LogP contribution is 2.09. The van der Waals surface area contributed by atoms with Crippen LogP contribution in [-0.2, 0) is 27.6 Å². The van der Waals surface area contributed by atoms with Gasteiger partial charge in [0.15, 0.2) is 9.84 Å². The van der Waals surface area contributed by atoms with E-state index in [1.807, 2.05) is 31.2 Å².